The largest absolute Gasteiger partial charge is 0.790 e. The molecule has 0 bridgehead atoms. The summed E-state index contributed by atoms with van der Waals surface area (Å²) in [5, 5.41) is 0. The quantitative estimate of drug-likeness (QED) is 0.0282. The second kappa shape index (κ2) is 34.9. The van der Waals surface area contributed by atoms with E-state index in [4.69, 9.17) is 9.47 Å². The number of allylic oxidation sites excluding steroid dienone is 8. The summed E-state index contributed by atoms with van der Waals surface area (Å²) in [6.07, 6.45) is 40.7. The molecule has 0 spiro atoms. The van der Waals surface area contributed by atoms with E-state index in [9.17, 15) is 23.9 Å². The van der Waals surface area contributed by atoms with Crippen LogP contribution in [0.4, 0.5) is 0 Å². The van der Waals surface area contributed by atoms with E-state index in [1.807, 2.05) is 0 Å². The third-order valence-electron chi connectivity index (χ3n) is 7.82. The smallest absolute Gasteiger partial charge is 0.306 e. The van der Waals surface area contributed by atoms with Crippen LogP contribution in [0.5, 0.6) is 0 Å². The molecule has 8 nitrogen and oxygen atoms in total. The molecule has 0 aromatic rings. The zero-order valence-corrected chi connectivity index (χ0v) is 31.2. The van der Waals surface area contributed by atoms with Crippen LogP contribution in [0.3, 0.4) is 0 Å². The highest BCUT2D eigenvalue weighted by Gasteiger charge is 2.18. The maximum absolute atomic E-state index is 12.3. The maximum Gasteiger partial charge on any atom is 0.306 e. The van der Waals surface area contributed by atoms with Crippen molar-refractivity contribution >= 4 is 19.8 Å². The molecule has 0 rings (SSSR count). The van der Waals surface area contributed by atoms with Gasteiger partial charge < -0.3 is 28.3 Å². The summed E-state index contributed by atoms with van der Waals surface area (Å²) >= 11 is 0. The third-order valence-corrected chi connectivity index (χ3v) is 8.29. The van der Waals surface area contributed by atoms with E-state index in [0.717, 1.165) is 83.5 Å². The van der Waals surface area contributed by atoms with Crippen molar-refractivity contribution in [1.82, 2.24) is 0 Å². The van der Waals surface area contributed by atoms with Crippen LogP contribution in [0.15, 0.2) is 48.6 Å². The summed E-state index contributed by atoms with van der Waals surface area (Å²) in [6, 6.07) is 0. The van der Waals surface area contributed by atoms with Gasteiger partial charge in [0.15, 0.2) is 6.10 Å². The van der Waals surface area contributed by atoms with Crippen molar-refractivity contribution < 1.29 is 37.9 Å². The zero-order valence-electron chi connectivity index (χ0n) is 30.3. The first-order chi connectivity index (χ1) is 23.3. The number of unbranched alkanes of at least 4 members (excludes halogenated alkanes) is 16. The molecule has 0 N–H and O–H groups in total. The Morgan fingerprint density at radius 1 is 0.562 bits per heavy atom. The third kappa shape index (κ3) is 36.8. The van der Waals surface area contributed by atoms with Crippen LogP contribution in [0.25, 0.3) is 0 Å². The summed E-state index contributed by atoms with van der Waals surface area (Å²) in [5.74, 6) is -0.989. The van der Waals surface area contributed by atoms with Gasteiger partial charge in [-0.2, -0.15) is 0 Å². The van der Waals surface area contributed by atoms with Gasteiger partial charge in [0.25, 0.3) is 0 Å². The minimum absolute atomic E-state index is 0.158. The van der Waals surface area contributed by atoms with Crippen molar-refractivity contribution in [1.29, 1.82) is 0 Å². The molecule has 0 aliphatic rings. The second-order valence-electron chi connectivity index (χ2n) is 12.5. The highest BCUT2D eigenvalue weighted by atomic mass is 31.2. The van der Waals surface area contributed by atoms with Crippen LogP contribution in [-0.2, 0) is 28.2 Å². The Kier molecular flexibility index (Phi) is 33.4. The standard InChI is InChI=1S/C39H69O8P/c1-3-5-7-9-11-13-15-17-19-21-23-25-27-29-31-33-38(40)45-35-37(36-46-48(42,43)44)47-39(41)34-32-30-28-26-24-22-20-18-16-14-12-10-8-6-4-2/h6,8,12,14,17-20,37H,3-5,7,9-11,13,15-16,21-36H2,1-2H3,(H2,42,43,44)/p-2/b8-6-,14-12-,19-17-,20-18-/t37-/m1/s1. The van der Waals surface area contributed by atoms with Gasteiger partial charge in [0.2, 0.25) is 0 Å². The monoisotopic (exact) mass is 694 g/mol. The lowest BCUT2D eigenvalue weighted by atomic mass is 10.1. The maximum atomic E-state index is 12.3. The van der Waals surface area contributed by atoms with Crippen LogP contribution in [-0.4, -0.2) is 31.3 Å². The van der Waals surface area contributed by atoms with E-state index in [1.165, 1.54) is 44.9 Å². The molecule has 1 atom stereocenters. The lowest BCUT2D eigenvalue weighted by Gasteiger charge is -2.30. The highest BCUT2D eigenvalue weighted by molar-refractivity contribution is 7.43. The lowest BCUT2D eigenvalue weighted by Crippen LogP contribution is -2.31. The number of esters is 2. The van der Waals surface area contributed by atoms with Gasteiger partial charge in [-0.1, -0.05) is 133 Å². The van der Waals surface area contributed by atoms with Gasteiger partial charge in [0, 0.05) is 12.8 Å². The second-order valence-corrected chi connectivity index (χ2v) is 13.6. The molecule has 0 aliphatic heterocycles. The summed E-state index contributed by atoms with van der Waals surface area (Å²) in [7, 11) is -5.26. The number of ether oxygens (including phenoxy) is 2. The minimum atomic E-state index is -5.26. The fourth-order valence-electron chi connectivity index (χ4n) is 5.02. The van der Waals surface area contributed by atoms with Crippen molar-refractivity contribution in [3.63, 3.8) is 0 Å². The number of hydrogen-bond donors (Lipinski definition) is 0. The van der Waals surface area contributed by atoms with E-state index in [-0.39, 0.29) is 19.4 Å². The van der Waals surface area contributed by atoms with Gasteiger partial charge in [-0.15, -0.1) is 0 Å². The van der Waals surface area contributed by atoms with E-state index < -0.39 is 32.5 Å². The highest BCUT2D eigenvalue weighted by Crippen LogP contribution is 2.25. The fourth-order valence-corrected chi connectivity index (χ4v) is 5.37. The Labute approximate surface area is 293 Å². The van der Waals surface area contributed by atoms with Crippen LogP contribution in [0.1, 0.15) is 168 Å². The summed E-state index contributed by atoms with van der Waals surface area (Å²) < 4.78 is 25.7. The summed E-state index contributed by atoms with van der Waals surface area (Å²) in [6.45, 7) is 3.35. The Morgan fingerprint density at radius 3 is 1.52 bits per heavy atom. The van der Waals surface area contributed by atoms with Crippen molar-refractivity contribution in [2.24, 2.45) is 0 Å². The zero-order chi connectivity index (χ0) is 35.4. The Balaban J connectivity index is 4.01. The van der Waals surface area contributed by atoms with Crippen LogP contribution in [0, 0.1) is 0 Å². The lowest BCUT2D eigenvalue weighted by molar-refractivity contribution is -0.343. The molecule has 0 radical (unpaired) electrons. The molecule has 48 heavy (non-hydrogen) atoms. The number of phosphoric ester groups is 1. The SMILES string of the molecule is CC/C=C\C/C=C\C/C=C\CCCCCCCC(=O)O[C@H](COC(=O)CCCCCCC/C=C\CCCCCCCC)COP(=O)([O-])[O-]. The summed E-state index contributed by atoms with van der Waals surface area (Å²) in [4.78, 5) is 46.4. The molecule has 0 aliphatic carbocycles. The molecule has 9 heteroatoms. The molecular weight excluding hydrogens is 627 g/mol. The molecule has 0 saturated heterocycles. The van der Waals surface area contributed by atoms with Gasteiger partial charge in [-0.25, -0.2) is 0 Å². The molecule has 0 heterocycles. The first-order valence-electron chi connectivity index (χ1n) is 18.9. The summed E-state index contributed by atoms with van der Waals surface area (Å²) in [5.41, 5.74) is 0. The molecule has 0 aromatic carbocycles. The number of phosphoric acid groups is 1. The number of rotatable bonds is 34. The Bertz CT molecular complexity index is 921. The van der Waals surface area contributed by atoms with Gasteiger partial charge in [-0.3, -0.25) is 9.59 Å². The van der Waals surface area contributed by atoms with Crippen LogP contribution in [0.2, 0.25) is 0 Å². The number of hydrogen-bond acceptors (Lipinski definition) is 8. The first-order valence-corrected chi connectivity index (χ1v) is 20.4. The van der Waals surface area contributed by atoms with Gasteiger partial charge in [0.05, 0.1) is 14.4 Å². The first kappa shape index (κ1) is 46.0. The Morgan fingerprint density at radius 2 is 1.00 bits per heavy atom. The van der Waals surface area contributed by atoms with Crippen molar-refractivity contribution in [3.05, 3.63) is 48.6 Å². The van der Waals surface area contributed by atoms with Gasteiger partial charge in [0.1, 0.15) is 6.61 Å². The Hall–Kier alpha value is -1.99. The van der Waals surface area contributed by atoms with Crippen molar-refractivity contribution in [2.45, 2.75) is 174 Å². The topological polar surface area (TPSA) is 125 Å². The van der Waals surface area contributed by atoms with E-state index >= 15 is 0 Å². The van der Waals surface area contributed by atoms with Gasteiger partial charge >= 0.3 is 11.9 Å². The van der Waals surface area contributed by atoms with E-state index in [2.05, 4.69) is 67.0 Å². The predicted molar refractivity (Wildman–Crippen MR) is 193 cm³/mol. The fraction of sp³-hybridized carbons (Fsp3) is 0.744. The van der Waals surface area contributed by atoms with Crippen molar-refractivity contribution in [3.8, 4) is 0 Å². The average Bonchev–Trinajstić information content (AvgIpc) is 3.05. The molecule has 278 valence electrons. The van der Waals surface area contributed by atoms with E-state index in [0.29, 0.717) is 12.8 Å². The predicted octanol–water partition coefficient (Wildman–Crippen LogP) is 9.91. The number of carbonyl (C=O) groups excluding carboxylic acids is 2. The van der Waals surface area contributed by atoms with Crippen LogP contribution < -0.4 is 9.79 Å². The van der Waals surface area contributed by atoms with E-state index in [1.54, 1.807) is 0 Å². The average molecular weight is 695 g/mol. The number of carbonyl (C=O) groups is 2. The molecule has 0 aromatic heterocycles. The normalized spacial score (nSPS) is 13.0. The molecule has 0 amide bonds. The van der Waals surface area contributed by atoms with Crippen molar-refractivity contribution in [2.75, 3.05) is 13.2 Å². The molecule has 0 fully saturated rings. The molecule has 0 saturated carbocycles. The minimum Gasteiger partial charge on any atom is -0.790 e. The van der Waals surface area contributed by atoms with Crippen LogP contribution >= 0.6 is 7.82 Å². The molecule has 0 unspecified atom stereocenters. The molecular formula is C39H67O8P-2. The van der Waals surface area contributed by atoms with Gasteiger partial charge in [-0.05, 0) is 70.6 Å².